The van der Waals surface area contributed by atoms with Crippen LogP contribution in [0.3, 0.4) is 0 Å². The van der Waals surface area contributed by atoms with Gasteiger partial charge in [-0.15, -0.1) is 11.8 Å². The van der Waals surface area contributed by atoms with Gasteiger partial charge in [0.2, 0.25) is 5.88 Å². The Morgan fingerprint density at radius 3 is 2.50 bits per heavy atom. The average molecular weight is 215 g/mol. The van der Waals surface area contributed by atoms with Crippen LogP contribution in [0.2, 0.25) is 0 Å². The predicted octanol–water partition coefficient (Wildman–Crippen LogP) is 2.81. The van der Waals surface area contributed by atoms with Crippen molar-refractivity contribution in [2.75, 3.05) is 0 Å². The Kier molecular flexibility index (Phi) is 3.75. The van der Waals surface area contributed by atoms with E-state index in [4.69, 9.17) is 0 Å². The predicted molar refractivity (Wildman–Crippen MR) is 59.0 cm³/mol. The fourth-order valence-corrected chi connectivity index (χ4v) is 2.19. The molecule has 0 bridgehead atoms. The Labute approximate surface area is 88.8 Å². The molecule has 14 heavy (non-hydrogen) atoms. The Morgan fingerprint density at radius 1 is 1.43 bits per heavy atom. The third kappa shape index (κ3) is 2.18. The molecule has 0 aliphatic heterocycles. The molecule has 0 radical (unpaired) electrons. The molecule has 1 rings (SSSR count). The maximum absolute atomic E-state index is 9.74. The number of aromatic hydroxyl groups is 2. The van der Waals surface area contributed by atoms with Crippen LogP contribution in [0.1, 0.15) is 27.2 Å². The van der Waals surface area contributed by atoms with Gasteiger partial charge in [-0.05, 0) is 13.3 Å². The quantitative estimate of drug-likeness (QED) is 0.759. The number of thioether (sulfide) groups is 1. The topological polar surface area (TPSA) is 45.4 Å². The summed E-state index contributed by atoms with van der Waals surface area (Å²) in [5.41, 5.74) is 0. The second kappa shape index (κ2) is 4.64. The molecule has 1 atom stereocenters. The van der Waals surface area contributed by atoms with E-state index in [0.717, 1.165) is 11.3 Å². The number of hydrogen-bond donors (Lipinski definition) is 2. The van der Waals surface area contributed by atoms with E-state index in [9.17, 15) is 10.2 Å². The van der Waals surface area contributed by atoms with Gasteiger partial charge in [0.1, 0.15) is 0 Å². The molecule has 0 spiro atoms. The molecule has 3 nitrogen and oxygen atoms in total. The molecule has 0 amide bonds. The minimum absolute atomic E-state index is 0.135. The molecule has 4 heteroatoms. The van der Waals surface area contributed by atoms with Crippen LogP contribution < -0.4 is 0 Å². The minimum atomic E-state index is 0.135. The normalized spacial score (nSPS) is 13.1. The van der Waals surface area contributed by atoms with Gasteiger partial charge in [-0.3, -0.25) is 4.57 Å². The van der Waals surface area contributed by atoms with Crippen molar-refractivity contribution >= 4 is 11.8 Å². The summed E-state index contributed by atoms with van der Waals surface area (Å²) in [6.45, 7) is 6.67. The summed E-state index contributed by atoms with van der Waals surface area (Å²) in [5, 5.41) is 19.7. The van der Waals surface area contributed by atoms with Crippen molar-refractivity contribution in [2.45, 2.75) is 43.9 Å². The van der Waals surface area contributed by atoms with E-state index in [-0.39, 0.29) is 11.8 Å². The lowest BCUT2D eigenvalue weighted by Crippen LogP contribution is -1.93. The van der Waals surface area contributed by atoms with E-state index in [1.165, 1.54) is 4.57 Å². The van der Waals surface area contributed by atoms with Crippen molar-refractivity contribution in [2.24, 2.45) is 0 Å². The number of rotatable bonds is 4. The molecule has 0 aliphatic rings. The molecule has 80 valence electrons. The Morgan fingerprint density at radius 2 is 2.07 bits per heavy atom. The third-order valence-corrected chi connectivity index (χ3v) is 3.52. The van der Waals surface area contributed by atoms with Crippen LogP contribution in [0.15, 0.2) is 11.0 Å². The zero-order chi connectivity index (χ0) is 10.7. The zero-order valence-corrected chi connectivity index (χ0v) is 9.64. The maximum Gasteiger partial charge on any atom is 0.208 e. The first-order valence-corrected chi connectivity index (χ1v) is 5.76. The van der Waals surface area contributed by atoms with Crippen molar-refractivity contribution in [3.8, 4) is 11.8 Å². The van der Waals surface area contributed by atoms with Gasteiger partial charge in [-0.1, -0.05) is 13.8 Å². The highest BCUT2D eigenvalue weighted by Gasteiger charge is 2.14. The van der Waals surface area contributed by atoms with E-state index >= 15 is 0 Å². The molecule has 1 unspecified atom stereocenters. The van der Waals surface area contributed by atoms with Crippen molar-refractivity contribution in [1.29, 1.82) is 0 Å². The molecule has 1 aromatic heterocycles. The largest absolute Gasteiger partial charge is 0.494 e. The van der Waals surface area contributed by atoms with Crippen LogP contribution in [-0.4, -0.2) is 20.0 Å². The van der Waals surface area contributed by atoms with E-state index in [1.54, 1.807) is 17.8 Å². The van der Waals surface area contributed by atoms with Crippen LogP contribution in [0, 0.1) is 0 Å². The van der Waals surface area contributed by atoms with Gasteiger partial charge in [-0.2, -0.15) is 0 Å². The maximum atomic E-state index is 9.74. The van der Waals surface area contributed by atoms with Gasteiger partial charge in [0.05, 0.1) is 4.90 Å². The molecule has 0 saturated heterocycles. The summed E-state index contributed by atoms with van der Waals surface area (Å²) in [7, 11) is 0. The number of aromatic nitrogens is 1. The Balaban J connectivity index is 2.88. The van der Waals surface area contributed by atoms with Gasteiger partial charge in [-0.25, -0.2) is 0 Å². The van der Waals surface area contributed by atoms with Gasteiger partial charge in [0.15, 0.2) is 5.88 Å². The van der Waals surface area contributed by atoms with E-state index in [2.05, 4.69) is 13.8 Å². The van der Waals surface area contributed by atoms with Gasteiger partial charge < -0.3 is 10.2 Å². The minimum Gasteiger partial charge on any atom is -0.494 e. The summed E-state index contributed by atoms with van der Waals surface area (Å²) in [5.74, 6) is 0.311. The SMILES string of the molecule is CCC(C)Sc1cc(O)n(CC)c1O. The second-order valence-corrected chi connectivity index (χ2v) is 4.75. The van der Waals surface area contributed by atoms with Crippen molar-refractivity contribution in [1.82, 2.24) is 4.57 Å². The summed E-state index contributed by atoms with van der Waals surface area (Å²) in [4.78, 5) is 0.763. The highest BCUT2D eigenvalue weighted by molar-refractivity contribution is 8.00. The van der Waals surface area contributed by atoms with Crippen molar-refractivity contribution in [3.05, 3.63) is 6.07 Å². The van der Waals surface area contributed by atoms with E-state index < -0.39 is 0 Å². The molecule has 0 fully saturated rings. The molecular formula is C10H17NO2S. The fraction of sp³-hybridized carbons (Fsp3) is 0.600. The monoisotopic (exact) mass is 215 g/mol. The second-order valence-electron chi connectivity index (χ2n) is 3.27. The average Bonchev–Trinajstić information content (AvgIpc) is 2.42. The smallest absolute Gasteiger partial charge is 0.208 e. The third-order valence-electron chi connectivity index (χ3n) is 2.23. The molecule has 2 N–H and O–H groups in total. The lowest BCUT2D eigenvalue weighted by molar-refractivity contribution is 0.369. The fourth-order valence-electron chi connectivity index (χ4n) is 1.20. The first-order valence-electron chi connectivity index (χ1n) is 4.88. The van der Waals surface area contributed by atoms with E-state index in [0.29, 0.717) is 11.8 Å². The highest BCUT2D eigenvalue weighted by Crippen LogP contribution is 2.37. The Bertz CT molecular complexity index is 309. The molecule has 1 heterocycles. The summed E-state index contributed by atoms with van der Waals surface area (Å²) in [6, 6.07) is 1.62. The Hall–Kier alpha value is -0.770. The first-order chi connectivity index (χ1) is 6.60. The summed E-state index contributed by atoms with van der Waals surface area (Å²) >= 11 is 1.59. The summed E-state index contributed by atoms with van der Waals surface area (Å²) < 4.78 is 1.49. The lowest BCUT2D eigenvalue weighted by atomic mass is 10.4. The molecule has 0 saturated carbocycles. The van der Waals surface area contributed by atoms with Gasteiger partial charge in [0, 0.05) is 17.9 Å². The van der Waals surface area contributed by atoms with Gasteiger partial charge in [0.25, 0.3) is 0 Å². The molecular weight excluding hydrogens is 198 g/mol. The zero-order valence-electron chi connectivity index (χ0n) is 8.82. The van der Waals surface area contributed by atoms with Crippen LogP contribution in [0.25, 0.3) is 0 Å². The first kappa shape index (κ1) is 11.3. The standard InChI is InChI=1S/C10H17NO2S/c1-4-7(3)14-8-6-9(12)11(5-2)10(8)13/h6-7,12-13H,4-5H2,1-3H3. The van der Waals surface area contributed by atoms with Crippen LogP contribution in [0.4, 0.5) is 0 Å². The lowest BCUT2D eigenvalue weighted by Gasteiger charge is -2.07. The molecule has 0 aromatic carbocycles. The molecule has 1 aromatic rings. The van der Waals surface area contributed by atoms with Crippen LogP contribution in [-0.2, 0) is 6.54 Å². The van der Waals surface area contributed by atoms with Gasteiger partial charge >= 0.3 is 0 Å². The van der Waals surface area contributed by atoms with Crippen LogP contribution >= 0.6 is 11.8 Å². The van der Waals surface area contributed by atoms with Crippen LogP contribution in [0.5, 0.6) is 11.8 Å². The van der Waals surface area contributed by atoms with Crippen molar-refractivity contribution < 1.29 is 10.2 Å². The molecule has 0 aliphatic carbocycles. The summed E-state index contributed by atoms with van der Waals surface area (Å²) in [6.07, 6.45) is 1.04. The number of nitrogens with zero attached hydrogens (tertiary/aromatic N) is 1. The highest BCUT2D eigenvalue weighted by atomic mass is 32.2. The van der Waals surface area contributed by atoms with Crippen molar-refractivity contribution in [3.63, 3.8) is 0 Å². The van der Waals surface area contributed by atoms with E-state index in [1.807, 2.05) is 6.92 Å². The number of hydrogen-bond acceptors (Lipinski definition) is 3.